The normalized spacial score (nSPS) is 24.4. The molecule has 2 aliphatic heterocycles. The number of fused-ring (bicyclic) bond motifs is 1. The van der Waals surface area contributed by atoms with Crippen molar-refractivity contribution in [2.45, 2.75) is 70.1 Å². The van der Waals surface area contributed by atoms with Crippen molar-refractivity contribution in [2.24, 2.45) is 0 Å². The Bertz CT molecular complexity index is 847. The first-order valence-electron chi connectivity index (χ1n) is 11.5. The first-order chi connectivity index (χ1) is 14.7. The summed E-state index contributed by atoms with van der Waals surface area (Å²) in [7, 11) is -1.75. The topological polar surface area (TPSA) is 30.9 Å². The fourth-order valence-electron chi connectivity index (χ4n) is 4.17. The van der Waals surface area contributed by atoms with Crippen LogP contribution in [0.4, 0.5) is 0 Å². The number of morpholine rings is 1. The van der Waals surface area contributed by atoms with Crippen LogP contribution in [0.2, 0.25) is 18.1 Å². The SMILES string of the molecule is CC(C)(C)[Si](C)(C)O[C@@H]1CN2[C@@H](Cc3ccc(OCc4ccccc4)cc3)COC[C@H]12. The van der Waals surface area contributed by atoms with E-state index in [4.69, 9.17) is 13.9 Å². The lowest BCUT2D eigenvalue weighted by Crippen LogP contribution is -2.71. The van der Waals surface area contributed by atoms with E-state index in [0.717, 1.165) is 31.9 Å². The van der Waals surface area contributed by atoms with Crippen molar-refractivity contribution in [1.82, 2.24) is 4.90 Å². The molecule has 31 heavy (non-hydrogen) atoms. The van der Waals surface area contributed by atoms with Gasteiger partial charge in [-0.2, -0.15) is 0 Å². The van der Waals surface area contributed by atoms with Crippen LogP contribution in [0.3, 0.4) is 0 Å². The molecular formula is C26H37NO3Si. The molecule has 2 saturated heterocycles. The van der Waals surface area contributed by atoms with Crippen LogP contribution in [0.15, 0.2) is 54.6 Å². The van der Waals surface area contributed by atoms with E-state index in [2.05, 4.69) is 75.2 Å². The van der Waals surface area contributed by atoms with E-state index in [-0.39, 0.29) is 5.04 Å². The molecule has 0 saturated carbocycles. The van der Waals surface area contributed by atoms with Crippen LogP contribution in [0, 0.1) is 0 Å². The van der Waals surface area contributed by atoms with Gasteiger partial charge in [0, 0.05) is 12.6 Å². The molecule has 0 amide bonds. The first-order valence-corrected chi connectivity index (χ1v) is 14.4. The maximum Gasteiger partial charge on any atom is 0.192 e. The Morgan fingerprint density at radius 1 is 0.968 bits per heavy atom. The quantitative estimate of drug-likeness (QED) is 0.549. The fraction of sp³-hybridized carbons (Fsp3) is 0.538. The highest BCUT2D eigenvalue weighted by atomic mass is 28.4. The van der Waals surface area contributed by atoms with E-state index in [9.17, 15) is 0 Å². The molecule has 2 aromatic carbocycles. The molecule has 168 valence electrons. The van der Waals surface area contributed by atoms with E-state index >= 15 is 0 Å². The first kappa shape index (κ1) is 22.5. The molecule has 0 aliphatic carbocycles. The summed E-state index contributed by atoms with van der Waals surface area (Å²) < 4.78 is 18.6. The molecule has 2 aromatic rings. The summed E-state index contributed by atoms with van der Waals surface area (Å²) in [5.74, 6) is 0.914. The van der Waals surface area contributed by atoms with Gasteiger partial charge in [0.05, 0.1) is 25.4 Å². The zero-order valence-electron chi connectivity index (χ0n) is 19.6. The van der Waals surface area contributed by atoms with Gasteiger partial charge in [-0.25, -0.2) is 0 Å². The van der Waals surface area contributed by atoms with Crippen LogP contribution in [-0.4, -0.2) is 51.2 Å². The van der Waals surface area contributed by atoms with Crippen LogP contribution < -0.4 is 4.74 Å². The largest absolute Gasteiger partial charge is 0.489 e. The van der Waals surface area contributed by atoms with E-state index in [1.54, 1.807) is 0 Å². The average molecular weight is 440 g/mol. The number of ether oxygens (including phenoxy) is 2. The molecular weight excluding hydrogens is 402 g/mol. The van der Waals surface area contributed by atoms with Gasteiger partial charge in [-0.1, -0.05) is 63.2 Å². The van der Waals surface area contributed by atoms with Gasteiger partial charge in [-0.3, -0.25) is 4.90 Å². The number of hydrogen-bond donors (Lipinski definition) is 0. The summed E-state index contributed by atoms with van der Waals surface area (Å²) in [5.41, 5.74) is 2.51. The van der Waals surface area contributed by atoms with Gasteiger partial charge in [0.15, 0.2) is 8.32 Å². The van der Waals surface area contributed by atoms with Crippen molar-refractivity contribution in [2.75, 3.05) is 19.8 Å². The zero-order chi connectivity index (χ0) is 22.1. The molecule has 0 spiro atoms. The lowest BCUT2D eigenvalue weighted by Gasteiger charge is -2.56. The third kappa shape index (κ3) is 5.22. The number of rotatable bonds is 7. The van der Waals surface area contributed by atoms with Crippen molar-refractivity contribution in [3.8, 4) is 5.75 Å². The number of hydrogen-bond acceptors (Lipinski definition) is 4. The van der Waals surface area contributed by atoms with E-state index in [1.807, 2.05) is 18.2 Å². The van der Waals surface area contributed by atoms with Crippen molar-refractivity contribution < 1.29 is 13.9 Å². The van der Waals surface area contributed by atoms with Gasteiger partial charge in [-0.15, -0.1) is 0 Å². The van der Waals surface area contributed by atoms with Gasteiger partial charge < -0.3 is 13.9 Å². The number of benzene rings is 2. The Hall–Kier alpha value is -1.66. The second-order valence-corrected chi connectivity index (χ2v) is 15.3. The van der Waals surface area contributed by atoms with E-state index in [1.165, 1.54) is 11.1 Å². The van der Waals surface area contributed by atoms with Crippen LogP contribution in [0.25, 0.3) is 0 Å². The highest BCUT2D eigenvalue weighted by Gasteiger charge is 2.50. The van der Waals surface area contributed by atoms with Crippen LogP contribution >= 0.6 is 0 Å². The highest BCUT2D eigenvalue weighted by molar-refractivity contribution is 6.74. The lowest BCUT2D eigenvalue weighted by molar-refractivity contribution is -0.157. The third-order valence-corrected chi connectivity index (χ3v) is 11.7. The van der Waals surface area contributed by atoms with Gasteiger partial charge in [-0.05, 0) is 47.8 Å². The van der Waals surface area contributed by atoms with Crippen LogP contribution in [0.1, 0.15) is 31.9 Å². The Morgan fingerprint density at radius 2 is 1.68 bits per heavy atom. The maximum atomic E-state index is 6.69. The Labute approximate surface area is 188 Å². The summed E-state index contributed by atoms with van der Waals surface area (Å²) >= 11 is 0. The minimum absolute atomic E-state index is 0.243. The second kappa shape index (κ2) is 9.06. The molecule has 2 fully saturated rings. The molecule has 2 aliphatic rings. The zero-order valence-corrected chi connectivity index (χ0v) is 20.6. The Morgan fingerprint density at radius 3 is 2.35 bits per heavy atom. The predicted octanol–water partition coefficient (Wildman–Crippen LogP) is 5.28. The lowest BCUT2D eigenvalue weighted by atomic mass is 9.92. The standard InChI is InChI=1S/C26H37NO3Si/c1-26(2,3)31(4,5)30-25-16-27-22(18-28-19-24(25)27)15-20-11-13-23(14-12-20)29-17-21-9-7-6-8-10-21/h6-14,22,24-25H,15-19H2,1-5H3/t22-,24+,25+/m0/s1. The molecule has 5 heteroatoms. The molecule has 4 rings (SSSR count). The monoisotopic (exact) mass is 439 g/mol. The van der Waals surface area contributed by atoms with Crippen molar-refractivity contribution >= 4 is 8.32 Å². The average Bonchev–Trinajstić information content (AvgIpc) is 2.72. The molecule has 0 N–H and O–H groups in total. The summed E-state index contributed by atoms with van der Waals surface area (Å²) in [6.45, 7) is 14.8. The van der Waals surface area contributed by atoms with Crippen molar-refractivity contribution in [1.29, 1.82) is 0 Å². The molecule has 0 unspecified atom stereocenters. The van der Waals surface area contributed by atoms with Crippen molar-refractivity contribution in [3.63, 3.8) is 0 Å². The van der Waals surface area contributed by atoms with E-state index in [0.29, 0.717) is 24.8 Å². The van der Waals surface area contributed by atoms with Crippen LogP contribution in [0.5, 0.6) is 5.75 Å². The van der Waals surface area contributed by atoms with Gasteiger partial charge in [0.25, 0.3) is 0 Å². The molecule has 0 radical (unpaired) electrons. The molecule has 2 heterocycles. The summed E-state index contributed by atoms with van der Waals surface area (Å²) in [5, 5.41) is 0.243. The molecule has 4 nitrogen and oxygen atoms in total. The Balaban J connectivity index is 1.30. The second-order valence-electron chi connectivity index (χ2n) is 10.5. The number of nitrogens with zero attached hydrogens (tertiary/aromatic N) is 1. The molecule has 0 aromatic heterocycles. The third-order valence-electron chi connectivity index (χ3n) is 7.21. The Kier molecular flexibility index (Phi) is 6.59. The minimum atomic E-state index is -1.75. The maximum absolute atomic E-state index is 6.69. The van der Waals surface area contributed by atoms with Gasteiger partial charge >= 0.3 is 0 Å². The molecule has 0 bridgehead atoms. The summed E-state index contributed by atoms with van der Waals surface area (Å²) in [6.07, 6.45) is 1.32. The summed E-state index contributed by atoms with van der Waals surface area (Å²) in [4.78, 5) is 2.60. The molecule has 3 atom stereocenters. The minimum Gasteiger partial charge on any atom is -0.489 e. The predicted molar refractivity (Wildman–Crippen MR) is 128 cm³/mol. The van der Waals surface area contributed by atoms with Crippen LogP contribution in [-0.2, 0) is 22.2 Å². The van der Waals surface area contributed by atoms with Crippen molar-refractivity contribution in [3.05, 3.63) is 65.7 Å². The summed E-state index contributed by atoms with van der Waals surface area (Å²) in [6, 6.07) is 19.6. The smallest absolute Gasteiger partial charge is 0.192 e. The van der Waals surface area contributed by atoms with E-state index < -0.39 is 8.32 Å². The van der Waals surface area contributed by atoms with Gasteiger partial charge in [0.2, 0.25) is 0 Å². The highest BCUT2D eigenvalue weighted by Crippen LogP contribution is 2.40. The fourth-order valence-corrected chi connectivity index (χ4v) is 5.51. The van der Waals surface area contributed by atoms with Gasteiger partial charge in [0.1, 0.15) is 12.4 Å².